The maximum atomic E-state index is 6.83. The molecule has 64 heavy (non-hydrogen) atoms. The molecule has 3 heterocycles. The molecular weight excluding hydrogens is 783 g/mol. The van der Waals surface area contributed by atoms with Gasteiger partial charge in [-0.2, -0.15) is 0 Å². The van der Waals surface area contributed by atoms with Crippen LogP contribution < -0.4 is 9.47 Å². The van der Waals surface area contributed by atoms with Crippen LogP contribution in [-0.4, -0.2) is 14.5 Å². The molecule has 5 nitrogen and oxygen atoms in total. The predicted octanol–water partition coefficient (Wildman–Crippen LogP) is 14.8. The number of ether oxygens (including phenoxy) is 2. The first-order valence-corrected chi connectivity index (χ1v) is 21.7. The Morgan fingerprint density at radius 2 is 1.00 bits per heavy atom. The molecule has 11 aromatic rings. The highest BCUT2D eigenvalue weighted by Crippen LogP contribution is 2.66. The topological polar surface area (TPSA) is 49.2 Å². The molecule has 0 radical (unpaired) electrons. The van der Waals surface area contributed by atoms with E-state index in [-0.39, 0.29) is 0 Å². The Labute approximate surface area is 369 Å². The Balaban J connectivity index is 0.984. The molecule has 0 amide bonds. The number of para-hydroxylation sites is 3. The van der Waals surface area contributed by atoms with Gasteiger partial charge in [0.1, 0.15) is 5.82 Å². The first-order valence-electron chi connectivity index (χ1n) is 21.7. The van der Waals surface area contributed by atoms with Gasteiger partial charge in [0, 0.05) is 33.5 Å². The minimum Gasteiger partial charge on any atom is -0.449 e. The zero-order valence-electron chi connectivity index (χ0n) is 34.4. The van der Waals surface area contributed by atoms with Crippen LogP contribution >= 0.6 is 0 Å². The lowest BCUT2D eigenvalue weighted by Crippen LogP contribution is -2.26. The number of hydrogen-bond donors (Lipinski definition) is 0. The largest absolute Gasteiger partial charge is 0.449 e. The molecule has 0 saturated carbocycles. The summed E-state index contributed by atoms with van der Waals surface area (Å²) >= 11 is 0. The summed E-state index contributed by atoms with van der Waals surface area (Å²) in [7, 11) is 0. The molecule has 0 unspecified atom stereocenters. The molecule has 0 atom stereocenters. The summed E-state index contributed by atoms with van der Waals surface area (Å²) < 4.78 is 15.7. The Morgan fingerprint density at radius 1 is 0.375 bits per heavy atom. The molecule has 0 fully saturated rings. The fourth-order valence-corrected chi connectivity index (χ4v) is 10.8. The average Bonchev–Trinajstić information content (AvgIpc) is 3.97. The monoisotopic (exact) mass is 817 g/mol. The molecule has 9 aromatic carbocycles. The summed E-state index contributed by atoms with van der Waals surface area (Å²) in [6.07, 6.45) is 0. The van der Waals surface area contributed by atoms with Crippen molar-refractivity contribution in [3.8, 4) is 84.8 Å². The van der Waals surface area contributed by atoms with E-state index in [4.69, 9.17) is 19.4 Å². The van der Waals surface area contributed by atoms with Gasteiger partial charge in [0.15, 0.2) is 28.8 Å². The van der Waals surface area contributed by atoms with Crippen molar-refractivity contribution in [3.05, 3.63) is 235 Å². The van der Waals surface area contributed by atoms with Crippen molar-refractivity contribution in [2.45, 2.75) is 5.41 Å². The highest BCUT2D eigenvalue weighted by atomic mass is 16.6. The van der Waals surface area contributed by atoms with Gasteiger partial charge < -0.3 is 9.47 Å². The standard InChI is InChI=1S/C59H35N3O2/c1-3-15-36(16-4-1)49-35-55(61-58(60-49)37-17-5-2-6-18-37)62-50-24-12-9-21-42(50)44-33-38(28-31-51(44)62)39-27-29-43-48(34-39)59(45-22-10-7-19-40(45)41-20-8-11-23-46(41)59)47-30-32-54-57(56(43)47)64-53-26-14-13-25-52(53)63-54/h1-35H. The van der Waals surface area contributed by atoms with Crippen molar-refractivity contribution >= 4 is 21.8 Å². The first kappa shape index (κ1) is 35.1. The summed E-state index contributed by atoms with van der Waals surface area (Å²) in [4.78, 5) is 10.4. The van der Waals surface area contributed by atoms with Gasteiger partial charge in [0.25, 0.3) is 0 Å². The molecule has 1 aliphatic heterocycles. The smallest absolute Gasteiger partial charge is 0.178 e. The van der Waals surface area contributed by atoms with Gasteiger partial charge in [0.2, 0.25) is 0 Å². The maximum absolute atomic E-state index is 6.83. The van der Waals surface area contributed by atoms with Crippen molar-refractivity contribution in [2.75, 3.05) is 0 Å². The number of aromatic nitrogens is 3. The molecule has 0 bridgehead atoms. The van der Waals surface area contributed by atoms with Crippen LogP contribution in [0.15, 0.2) is 212 Å². The van der Waals surface area contributed by atoms with Gasteiger partial charge in [-0.25, -0.2) is 9.97 Å². The van der Waals surface area contributed by atoms with Crippen molar-refractivity contribution in [2.24, 2.45) is 0 Å². The summed E-state index contributed by atoms with van der Waals surface area (Å²) in [5.74, 6) is 4.43. The van der Waals surface area contributed by atoms with Gasteiger partial charge in [-0.3, -0.25) is 4.57 Å². The molecule has 3 aliphatic rings. The molecule has 298 valence electrons. The van der Waals surface area contributed by atoms with E-state index in [0.29, 0.717) is 5.82 Å². The fraction of sp³-hybridized carbons (Fsp3) is 0.0169. The van der Waals surface area contributed by atoms with E-state index in [2.05, 4.69) is 168 Å². The van der Waals surface area contributed by atoms with Crippen LogP contribution in [-0.2, 0) is 5.41 Å². The predicted molar refractivity (Wildman–Crippen MR) is 256 cm³/mol. The molecule has 0 saturated heterocycles. The maximum Gasteiger partial charge on any atom is 0.178 e. The summed E-state index contributed by atoms with van der Waals surface area (Å²) in [6.45, 7) is 0. The lowest BCUT2D eigenvalue weighted by atomic mass is 9.70. The second kappa shape index (κ2) is 13.2. The van der Waals surface area contributed by atoms with Crippen LogP contribution in [0.2, 0.25) is 0 Å². The van der Waals surface area contributed by atoms with Gasteiger partial charge >= 0.3 is 0 Å². The Bertz CT molecular complexity index is 3640. The van der Waals surface area contributed by atoms with E-state index >= 15 is 0 Å². The van der Waals surface area contributed by atoms with Gasteiger partial charge in [-0.15, -0.1) is 0 Å². The van der Waals surface area contributed by atoms with Crippen LogP contribution in [0.5, 0.6) is 23.0 Å². The lowest BCUT2D eigenvalue weighted by molar-refractivity contribution is 0.360. The van der Waals surface area contributed by atoms with Gasteiger partial charge in [-0.05, 0) is 92.5 Å². The first-order chi connectivity index (χ1) is 31.7. The highest BCUT2D eigenvalue weighted by molar-refractivity contribution is 6.10. The zero-order chi connectivity index (χ0) is 41.9. The van der Waals surface area contributed by atoms with Gasteiger partial charge in [0.05, 0.1) is 22.1 Å². The number of benzene rings is 9. The van der Waals surface area contributed by atoms with E-state index < -0.39 is 5.41 Å². The van der Waals surface area contributed by atoms with Crippen molar-refractivity contribution in [1.82, 2.24) is 14.5 Å². The number of rotatable bonds is 4. The zero-order valence-corrected chi connectivity index (χ0v) is 34.4. The normalized spacial score (nSPS) is 13.4. The van der Waals surface area contributed by atoms with E-state index in [0.717, 1.165) is 89.7 Å². The van der Waals surface area contributed by atoms with E-state index in [9.17, 15) is 0 Å². The van der Waals surface area contributed by atoms with Gasteiger partial charge in [-0.1, -0.05) is 164 Å². The third-order valence-corrected chi connectivity index (χ3v) is 13.5. The SMILES string of the molecule is c1ccc(-c2cc(-n3c4ccccc4c4cc(-c5ccc6c(c5)C5(c7ccccc7-c7ccccc75)c5ccc7c(c5-6)Oc5ccccc5O7)ccc43)nc(-c3ccccc3)n2)cc1. The van der Waals surface area contributed by atoms with Crippen LogP contribution in [0, 0.1) is 0 Å². The van der Waals surface area contributed by atoms with Crippen LogP contribution in [0.4, 0.5) is 0 Å². The lowest BCUT2D eigenvalue weighted by Gasteiger charge is -2.31. The van der Waals surface area contributed by atoms with Crippen LogP contribution in [0.25, 0.3) is 83.6 Å². The average molecular weight is 818 g/mol. The second-order valence-corrected chi connectivity index (χ2v) is 16.8. The molecule has 1 spiro atoms. The Kier molecular flexibility index (Phi) is 7.26. The second-order valence-electron chi connectivity index (χ2n) is 16.8. The van der Waals surface area contributed by atoms with Crippen LogP contribution in [0.1, 0.15) is 22.3 Å². The van der Waals surface area contributed by atoms with Crippen molar-refractivity contribution in [3.63, 3.8) is 0 Å². The van der Waals surface area contributed by atoms with E-state index in [1.54, 1.807) is 0 Å². The summed E-state index contributed by atoms with van der Waals surface area (Å²) in [6, 6.07) is 75.3. The Hall–Kier alpha value is -8.54. The molecule has 0 N–H and O–H groups in total. The highest BCUT2D eigenvalue weighted by Gasteiger charge is 2.53. The number of hydrogen-bond acceptors (Lipinski definition) is 4. The van der Waals surface area contributed by atoms with E-state index in [1.807, 2.05) is 48.5 Å². The van der Waals surface area contributed by atoms with Crippen LogP contribution in [0.3, 0.4) is 0 Å². The quantitative estimate of drug-likeness (QED) is 0.177. The number of nitrogens with zero attached hydrogens (tertiary/aromatic N) is 3. The summed E-state index contributed by atoms with van der Waals surface area (Å²) in [5.41, 5.74) is 16.5. The van der Waals surface area contributed by atoms with Crippen molar-refractivity contribution < 1.29 is 9.47 Å². The molecule has 5 heteroatoms. The van der Waals surface area contributed by atoms with E-state index in [1.165, 1.54) is 33.4 Å². The number of fused-ring (bicyclic) bond motifs is 16. The minimum atomic E-state index is -0.566. The third kappa shape index (κ3) is 4.83. The summed E-state index contributed by atoms with van der Waals surface area (Å²) in [5, 5.41) is 2.32. The molecule has 2 aromatic heterocycles. The molecular formula is C59H35N3O2. The van der Waals surface area contributed by atoms with Crippen molar-refractivity contribution in [1.29, 1.82) is 0 Å². The minimum absolute atomic E-state index is 0.566. The Morgan fingerprint density at radius 3 is 1.78 bits per heavy atom. The fourth-order valence-electron chi connectivity index (χ4n) is 10.8. The third-order valence-electron chi connectivity index (χ3n) is 13.5. The molecule has 14 rings (SSSR count). The molecule has 2 aliphatic carbocycles.